The maximum absolute atomic E-state index is 4.36. The van der Waals surface area contributed by atoms with Gasteiger partial charge in [0, 0.05) is 23.5 Å². The molecule has 0 bridgehead atoms. The fraction of sp³-hybridized carbons (Fsp3) is 0.500. The fourth-order valence-electron chi connectivity index (χ4n) is 2.25. The van der Waals surface area contributed by atoms with E-state index in [2.05, 4.69) is 53.5 Å². The van der Waals surface area contributed by atoms with E-state index in [0.29, 0.717) is 6.04 Å². The van der Waals surface area contributed by atoms with Crippen LogP contribution in [-0.2, 0) is 12.3 Å². The Labute approximate surface area is 130 Å². The van der Waals surface area contributed by atoms with E-state index in [-0.39, 0.29) is 0 Å². The molecule has 2 aromatic rings. The summed E-state index contributed by atoms with van der Waals surface area (Å²) in [7, 11) is 0. The predicted molar refractivity (Wildman–Crippen MR) is 86.3 cm³/mol. The lowest BCUT2D eigenvalue weighted by Crippen LogP contribution is -2.15. The summed E-state index contributed by atoms with van der Waals surface area (Å²) in [4.78, 5) is 5.66. The third-order valence-electron chi connectivity index (χ3n) is 3.57. The molecule has 0 amide bonds. The van der Waals surface area contributed by atoms with Crippen molar-refractivity contribution in [2.24, 2.45) is 0 Å². The maximum Gasteiger partial charge on any atom is 0.138 e. The Morgan fingerprint density at radius 3 is 3.00 bits per heavy atom. The van der Waals surface area contributed by atoms with Crippen LogP contribution in [0, 0.1) is 0 Å². The topological polar surface area (TPSA) is 42.7 Å². The Balaban J connectivity index is 1.59. The van der Waals surface area contributed by atoms with Crippen LogP contribution >= 0.6 is 11.8 Å². The zero-order valence-electron chi connectivity index (χ0n) is 12.6. The first kappa shape index (κ1) is 14.6. The van der Waals surface area contributed by atoms with Crippen molar-refractivity contribution in [3.63, 3.8) is 0 Å². The second kappa shape index (κ2) is 6.62. The number of thioether (sulfide) groups is 1. The highest BCUT2D eigenvalue weighted by Gasteiger charge is 2.19. The summed E-state index contributed by atoms with van der Waals surface area (Å²) in [6.07, 6.45) is 4.31. The van der Waals surface area contributed by atoms with E-state index < -0.39 is 0 Å². The highest BCUT2D eigenvalue weighted by molar-refractivity contribution is 7.98. The first-order valence-electron chi connectivity index (χ1n) is 7.56. The van der Waals surface area contributed by atoms with Crippen molar-refractivity contribution in [3.05, 3.63) is 42.0 Å². The van der Waals surface area contributed by atoms with E-state index in [1.807, 2.05) is 16.4 Å². The van der Waals surface area contributed by atoms with E-state index >= 15 is 0 Å². The van der Waals surface area contributed by atoms with Gasteiger partial charge < -0.3 is 5.32 Å². The summed E-state index contributed by atoms with van der Waals surface area (Å²) < 4.78 is 1.99. The zero-order valence-corrected chi connectivity index (χ0v) is 13.4. The highest BCUT2D eigenvalue weighted by Crippen LogP contribution is 2.24. The number of aromatic nitrogens is 3. The first-order chi connectivity index (χ1) is 10.2. The van der Waals surface area contributed by atoms with Gasteiger partial charge in [0.05, 0.1) is 5.75 Å². The lowest BCUT2D eigenvalue weighted by Gasteiger charge is -2.09. The van der Waals surface area contributed by atoms with Crippen LogP contribution in [0.25, 0.3) is 0 Å². The molecular formula is C16H22N4S. The Hall–Kier alpha value is -1.33. The van der Waals surface area contributed by atoms with Crippen LogP contribution in [0.1, 0.15) is 44.1 Å². The molecule has 1 heterocycles. The summed E-state index contributed by atoms with van der Waals surface area (Å²) in [6, 6.07) is 9.88. The minimum atomic E-state index is 0.358. The smallest absolute Gasteiger partial charge is 0.138 e. The van der Waals surface area contributed by atoms with E-state index in [0.717, 1.165) is 24.2 Å². The lowest BCUT2D eigenvalue weighted by atomic mass is 10.2. The van der Waals surface area contributed by atoms with Gasteiger partial charge in [0.2, 0.25) is 0 Å². The number of nitrogens with zero attached hydrogens (tertiary/aromatic N) is 3. The molecule has 1 aromatic heterocycles. The molecule has 0 unspecified atom stereocenters. The summed E-state index contributed by atoms with van der Waals surface area (Å²) >= 11 is 1.82. The van der Waals surface area contributed by atoms with Crippen LogP contribution in [0.2, 0.25) is 0 Å². The molecule has 21 heavy (non-hydrogen) atoms. The Bertz CT molecular complexity index is 589. The molecular weight excluding hydrogens is 280 g/mol. The van der Waals surface area contributed by atoms with Crippen molar-refractivity contribution in [1.82, 2.24) is 20.1 Å². The molecule has 1 saturated carbocycles. The summed E-state index contributed by atoms with van der Waals surface area (Å²) in [6.45, 7) is 5.24. The van der Waals surface area contributed by atoms with Gasteiger partial charge in [-0.2, -0.15) is 5.10 Å². The van der Waals surface area contributed by atoms with Crippen LogP contribution in [0.15, 0.2) is 35.5 Å². The van der Waals surface area contributed by atoms with Gasteiger partial charge in [0.15, 0.2) is 0 Å². The number of nitrogens with one attached hydrogen (secondary N) is 1. The Kier molecular flexibility index (Phi) is 4.60. The predicted octanol–water partition coefficient (Wildman–Crippen LogP) is 3.40. The number of hydrogen-bond acceptors (Lipinski definition) is 4. The SMILES string of the molecule is CC(C)n1ncnc1CSc1cccc(CNC2CC2)c1. The quantitative estimate of drug-likeness (QED) is 0.796. The molecule has 1 aliphatic carbocycles. The van der Waals surface area contributed by atoms with Crippen LogP contribution < -0.4 is 5.32 Å². The minimum Gasteiger partial charge on any atom is -0.310 e. The lowest BCUT2D eigenvalue weighted by molar-refractivity contribution is 0.514. The average Bonchev–Trinajstić information content (AvgIpc) is 3.19. The monoisotopic (exact) mass is 302 g/mol. The maximum atomic E-state index is 4.36. The van der Waals surface area contributed by atoms with Crippen LogP contribution in [0.4, 0.5) is 0 Å². The van der Waals surface area contributed by atoms with Gasteiger partial charge in [-0.25, -0.2) is 9.67 Å². The van der Waals surface area contributed by atoms with Crippen molar-refractivity contribution in [1.29, 1.82) is 0 Å². The summed E-state index contributed by atoms with van der Waals surface area (Å²) in [5.41, 5.74) is 1.36. The van der Waals surface area contributed by atoms with Crippen LogP contribution in [0.5, 0.6) is 0 Å². The van der Waals surface area contributed by atoms with Crippen molar-refractivity contribution < 1.29 is 0 Å². The van der Waals surface area contributed by atoms with Gasteiger partial charge in [-0.15, -0.1) is 11.8 Å². The normalized spacial score (nSPS) is 14.8. The van der Waals surface area contributed by atoms with Gasteiger partial charge in [-0.3, -0.25) is 0 Å². The average molecular weight is 302 g/mol. The number of rotatable bonds is 7. The second-order valence-electron chi connectivity index (χ2n) is 5.81. The first-order valence-corrected chi connectivity index (χ1v) is 8.54. The molecule has 5 heteroatoms. The van der Waals surface area contributed by atoms with E-state index in [1.54, 1.807) is 6.33 Å². The molecule has 3 rings (SSSR count). The van der Waals surface area contributed by atoms with Gasteiger partial charge in [0.1, 0.15) is 12.2 Å². The number of hydrogen-bond donors (Lipinski definition) is 1. The molecule has 0 saturated heterocycles. The molecule has 1 N–H and O–H groups in total. The highest BCUT2D eigenvalue weighted by atomic mass is 32.2. The largest absolute Gasteiger partial charge is 0.310 e. The second-order valence-corrected chi connectivity index (χ2v) is 6.85. The van der Waals surface area contributed by atoms with E-state index in [9.17, 15) is 0 Å². The molecule has 0 spiro atoms. The molecule has 112 valence electrons. The molecule has 0 radical (unpaired) electrons. The molecule has 0 aliphatic heterocycles. The molecule has 4 nitrogen and oxygen atoms in total. The minimum absolute atomic E-state index is 0.358. The zero-order chi connectivity index (χ0) is 14.7. The third-order valence-corrected chi connectivity index (χ3v) is 4.56. The van der Waals surface area contributed by atoms with E-state index in [4.69, 9.17) is 0 Å². The van der Waals surface area contributed by atoms with Crippen molar-refractivity contribution in [2.45, 2.75) is 56.0 Å². The van der Waals surface area contributed by atoms with Crippen molar-refractivity contribution in [3.8, 4) is 0 Å². The van der Waals surface area contributed by atoms with Crippen molar-refractivity contribution >= 4 is 11.8 Å². The molecule has 0 atom stereocenters. The molecule has 1 aromatic carbocycles. The van der Waals surface area contributed by atoms with E-state index in [1.165, 1.54) is 23.3 Å². The summed E-state index contributed by atoms with van der Waals surface area (Å²) in [5, 5.41) is 7.84. The van der Waals surface area contributed by atoms with Gasteiger partial charge in [-0.1, -0.05) is 12.1 Å². The summed E-state index contributed by atoms with van der Waals surface area (Å²) in [5.74, 6) is 1.90. The molecule has 1 fully saturated rings. The standard InChI is InChI=1S/C16H22N4S/c1-12(2)20-16(18-11-19-20)10-21-15-5-3-4-13(8-15)9-17-14-6-7-14/h3-5,8,11-12,14,17H,6-7,9-10H2,1-2H3. The van der Waals surface area contributed by atoms with Gasteiger partial charge >= 0.3 is 0 Å². The van der Waals surface area contributed by atoms with Gasteiger partial charge in [0.25, 0.3) is 0 Å². The Morgan fingerprint density at radius 1 is 1.38 bits per heavy atom. The molecule has 1 aliphatic rings. The number of benzene rings is 1. The third kappa shape index (κ3) is 4.08. The van der Waals surface area contributed by atoms with Crippen LogP contribution in [0.3, 0.4) is 0 Å². The Morgan fingerprint density at radius 2 is 2.24 bits per heavy atom. The van der Waals surface area contributed by atoms with Crippen molar-refractivity contribution in [2.75, 3.05) is 0 Å². The van der Waals surface area contributed by atoms with Gasteiger partial charge in [-0.05, 0) is 44.4 Å². The fourth-order valence-corrected chi connectivity index (χ4v) is 3.16. The van der Waals surface area contributed by atoms with Crippen LogP contribution in [-0.4, -0.2) is 20.8 Å².